The van der Waals surface area contributed by atoms with Gasteiger partial charge in [-0.2, -0.15) is 0 Å². The molecule has 1 fully saturated rings. The predicted octanol–water partition coefficient (Wildman–Crippen LogP) is 0.949. The minimum atomic E-state index is -1.02. The summed E-state index contributed by atoms with van der Waals surface area (Å²) in [6, 6.07) is -1.23. The van der Waals surface area contributed by atoms with Crippen molar-refractivity contribution < 1.29 is 14.7 Å². The number of rotatable bonds is 4. The number of aliphatic carboxylic acids is 1. The normalized spacial score (nSPS) is 18.5. The van der Waals surface area contributed by atoms with Crippen LogP contribution in [-0.4, -0.2) is 29.7 Å². The lowest BCUT2D eigenvalue weighted by Crippen LogP contribution is -2.45. The van der Waals surface area contributed by atoms with E-state index in [9.17, 15) is 9.59 Å². The molecule has 0 heterocycles. The lowest BCUT2D eigenvalue weighted by atomic mass is 10.1. The van der Waals surface area contributed by atoms with E-state index in [1.807, 2.05) is 0 Å². The van der Waals surface area contributed by atoms with E-state index in [1.54, 1.807) is 0 Å². The number of hydrogen-bond donors (Lipinski definition) is 3. The molecule has 0 bridgehead atoms. The number of carboxylic acids is 1. The van der Waals surface area contributed by atoms with Crippen LogP contribution in [-0.2, 0) is 4.79 Å². The van der Waals surface area contributed by atoms with Gasteiger partial charge in [0.1, 0.15) is 6.04 Å². The second-order valence-corrected chi connectivity index (χ2v) is 4.06. The summed E-state index contributed by atoms with van der Waals surface area (Å²) in [5.74, 6) is -0.457. The van der Waals surface area contributed by atoms with Crippen molar-refractivity contribution in [3.05, 3.63) is 0 Å². The Bertz CT molecular complexity index is 237. The molecule has 0 aromatic rings. The predicted molar refractivity (Wildman–Crippen MR) is 55.6 cm³/mol. The van der Waals surface area contributed by atoms with Crippen molar-refractivity contribution in [1.29, 1.82) is 0 Å². The summed E-state index contributed by atoms with van der Waals surface area (Å²) in [6.45, 7) is 2.09. The first kappa shape index (κ1) is 11.8. The van der Waals surface area contributed by atoms with Crippen LogP contribution in [0.25, 0.3) is 0 Å². The van der Waals surface area contributed by atoms with Gasteiger partial charge >= 0.3 is 12.0 Å². The van der Waals surface area contributed by atoms with E-state index in [0.29, 0.717) is 12.5 Å². The van der Waals surface area contributed by atoms with Crippen LogP contribution in [0.5, 0.6) is 0 Å². The van der Waals surface area contributed by atoms with Crippen LogP contribution in [0.4, 0.5) is 4.79 Å². The molecule has 1 aliphatic rings. The van der Waals surface area contributed by atoms with Crippen molar-refractivity contribution in [3.8, 4) is 0 Å². The Balaban J connectivity index is 2.15. The highest BCUT2D eigenvalue weighted by Crippen LogP contribution is 2.23. The Hall–Kier alpha value is -1.26. The highest BCUT2D eigenvalue weighted by Gasteiger charge is 2.17. The molecule has 2 amide bonds. The van der Waals surface area contributed by atoms with Gasteiger partial charge in [-0.15, -0.1) is 0 Å². The van der Waals surface area contributed by atoms with Gasteiger partial charge in [-0.3, -0.25) is 4.79 Å². The molecule has 15 heavy (non-hydrogen) atoms. The second-order valence-electron chi connectivity index (χ2n) is 4.06. The molecule has 86 valence electrons. The minimum absolute atomic E-state index is 0.392. The van der Waals surface area contributed by atoms with Crippen LogP contribution in [0, 0.1) is 5.92 Å². The first-order valence-electron chi connectivity index (χ1n) is 5.36. The Kier molecular flexibility index (Phi) is 4.39. The van der Waals surface area contributed by atoms with E-state index >= 15 is 0 Å². The zero-order valence-corrected chi connectivity index (χ0v) is 8.95. The van der Waals surface area contributed by atoms with Crippen molar-refractivity contribution in [2.24, 2.45) is 5.92 Å². The van der Waals surface area contributed by atoms with Gasteiger partial charge in [-0.1, -0.05) is 12.8 Å². The van der Waals surface area contributed by atoms with Gasteiger partial charge in [0.05, 0.1) is 0 Å². The van der Waals surface area contributed by atoms with Gasteiger partial charge < -0.3 is 15.7 Å². The summed E-state index contributed by atoms with van der Waals surface area (Å²) in [7, 11) is 0. The molecule has 0 saturated heterocycles. The monoisotopic (exact) mass is 214 g/mol. The first-order chi connectivity index (χ1) is 7.09. The molecule has 0 radical (unpaired) electrons. The average Bonchev–Trinajstić information content (AvgIpc) is 2.66. The Morgan fingerprint density at radius 1 is 1.40 bits per heavy atom. The van der Waals surface area contributed by atoms with Gasteiger partial charge in [0.15, 0.2) is 0 Å². The van der Waals surface area contributed by atoms with Gasteiger partial charge in [-0.25, -0.2) is 4.79 Å². The van der Waals surface area contributed by atoms with Crippen molar-refractivity contribution in [3.63, 3.8) is 0 Å². The number of amides is 2. The number of carbonyl (C=O) groups excluding carboxylic acids is 1. The van der Waals surface area contributed by atoms with Crippen LogP contribution in [0.1, 0.15) is 32.6 Å². The third-order valence-electron chi connectivity index (χ3n) is 2.74. The zero-order valence-electron chi connectivity index (χ0n) is 8.95. The van der Waals surface area contributed by atoms with Crippen LogP contribution in [0.15, 0.2) is 0 Å². The second kappa shape index (κ2) is 5.58. The maximum Gasteiger partial charge on any atom is 0.325 e. The molecule has 0 aromatic heterocycles. The smallest absolute Gasteiger partial charge is 0.325 e. The largest absolute Gasteiger partial charge is 0.480 e. The molecule has 1 rings (SSSR count). The lowest BCUT2D eigenvalue weighted by molar-refractivity contribution is -0.138. The van der Waals surface area contributed by atoms with E-state index in [2.05, 4.69) is 10.6 Å². The molecule has 0 unspecified atom stereocenters. The zero-order chi connectivity index (χ0) is 11.3. The third-order valence-corrected chi connectivity index (χ3v) is 2.74. The molecule has 0 aromatic carbocycles. The fraction of sp³-hybridized carbons (Fsp3) is 0.800. The van der Waals surface area contributed by atoms with Gasteiger partial charge in [0, 0.05) is 6.54 Å². The number of carboxylic acid groups (broad SMARTS) is 1. The number of nitrogens with one attached hydrogen (secondary N) is 2. The topological polar surface area (TPSA) is 78.4 Å². The minimum Gasteiger partial charge on any atom is -0.480 e. The highest BCUT2D eigenvalue weighted by molar-refractivity contribution is 5.82. The fourth-order valence-corrected chi connectivity index (χ4v) is 1.76. The summed E-state index contributed by atoms with van der Waals surface area (Å²) in [5.41, 5.74) is 0. The average molecular weight is 214 g/mol. The number of carbonyl (C=O) groups is 2. The van der Waals surface area contributed by atoms with Crippen LogP contribution >= 0.6 is 0 Å². The quantitative estimate of drug-likeness (QED) is 0.652. The van der Waals surface area contributed by atoms with Gasteiger partial charge in [0.2, 0.25) is 0 Å². The Morgan fingerprint density at radius 3 is 2.53 bits per heavy atom. The molecule has 1 saturated carbocycles. The molecular formula is C10H18N2O3. The SMILES string of the molecule is C[C@@H](NC(=O)NCC1CCCC1)C(=O)O. The molecule has 5 heteroatoms. The summed E-state index contributed by atoms with van der Waals surface area (Å²) in [6.07, 6.45) is 4.79. The molecule has 1 aliphatic carbocycles. The molecule has 5 nitrogen and oxygen atoms in total. The summed E-state index contributed by atoms with van der Waals surface area (Å²) < 4.78 is 0. The Labute approximate surface area is 89.2 Å². The van der Waals surface area contributed by atoms with Crippen LogP contribution < -0.4 is 10.6 Å². The maximum atomic E-state index is 11.2. The Morgan fingerprint density at radius 2 is 2.00 bits per heavy atom. The van der Waals surface area contributed by atoms with Crippen molar-refractivity contribution in [2.45, 2.75) is 38.6 Å². The van der Waals surface area contributed by atoms with Crippen molar-refractivity contribution >= 4 is 12.0 Å². The molecule has 1 atom stereocenters. The fourth-order valence-electron chi connectivity index (χ4n) is 1.76. The molecule has 0 aliphatic heterocycles. The van der Waals surface area contributed by atoms with E-state index in [1.165, 1.54) is 19.8 Å². The summed E-state index contributed by atoms with van der Waals surface area (Å²) in [4.78, 5) is 21.7. The number of hydrogen-bond acceptors (Lipinski definition) is 2. The molecular weight excluding hydrogens is 196 g/mol. The molecule has 0 spiro atoms. The third kappa shape index (κ3) is 4.18. The van der Waals surface area contributed by atoms with E-state index in [-0.39, 0.29) is 0 Å². The standard InChI is InChI=1S/C10H18N2O3/c1-7(9(13)14)12-10(15)11-6-8-4-2-3-5-8/h7-8H,2-6H2,1H3,(H,13,14)(H2,11,12,15)/t7-/m1/s1. The maximum absolute atomic E-state index is 11.2. The first-order valence-corrected chi connectivity index (χ1v) is 5.36. The lowest BCUT2D eigenvalue weighted by Gasteiger charge is -2.13. The van der Waals surface area contributed by atoms with Crippen LogP contribution in [0.3, 0.4) is 0 Å². The van der Waals surface area contributed by atoms with Crippen molar-refractivity contribution in [1.82, 2.24) is 10.6 Å². The van der Waals surface area contributed by atoms with E-state index in [4.69, 9.17) is 5.11 Å². The highest BCUT2D eigenvalue weighted by atomic mass is 16.4. The van der Waals surface area contributed by atoms with E-state index < -0.39 is 18.0 Å². The van der Waals surface area contributed by atoms with Crippen molar-refractivity contribution in [2.75, 3.05) is 6.54 Å². The van der Waals surface area contributed by atoms with Gasteiger partial charge in [0.25, 0.3) is 0 Å². The molecule has 3 N–H and O–H groups in total. The summed E-state index contributed by atoms with van der Waals surface area (Å²) in [5, 5.41) is 13.6. The van der Waals surface area contributed by atoms with Gasteiger partial charge in [-0.05, 0) is 25.7 Å². The van der Waals surface area contributed by atoms with Crippen LogP contribution in [0.2, 0.25) is 0 Å². The van der Waals surface area contributed by atoms with E-state index in [0.717, 1.165) is 12.8 Å². The summed E-state index contributed by atoms with van der Waals surface area (Å²) >= 11 is 0. The number of urea groups is 1.